The molecule has 1 aromatic heterocycles. The van der Waals surface area contributed by atoms with Crippen molar-refractivity contribution < 1.29 is 17.9 Å². The number of allylic oxidation sites excluding steroid dienone is 1. The molecule has 6 heteroatoms. The molecule has 0 aliphatic heterocycles. The Hall–Kier alpha value is -2.81. The highest BCUT2D eigenvalue weighted by Gasteiger charge is 2.28. The van der Waals surface area contributed by atoms with Crippen LogP contribution in [0.25, 0.3) is 11.6 Å². The molecule has 1 aromatic carbocycles. The molecule has 112 valence electrons. The van der Waals surface area contributed by atoms with Crippen molar-refractivity contribution >= 4 is 11.6 Å². The van der Waals surface area contributed by atoms with Crippen LogP contribution in [0.15, 0.2) is 48.7 Å². The van der Waals surface area contributed by atoms with Crippen LogP contribution in [0.2, 0.25) is 0 Å². The lowest BCUT2D eigenvalue weighted by Gasteiger charge is -2.09. The highest BCUT2D eigenvalue weighted by atomic mass is 19.4. The Morgan fingerprint density at radius 3 is 2.45 bits per heavy atom. The minimum absolute atomic E-state index is 0.116. The summed E-state index contributed by atoms with van der Waals surface area (Å²) in [5.41, 5.74) is 1.56. The third-order valence-corrected chi connectivity index (χ3v) is 2.65. The van der Waals surface area contributed by atoms with Crippen LogP contribution in [0.5, 0.6) is 5.75 Å². The smallest absolute Gasteiger partial charge is 0.422 e. The van der Waals surface area contributed by atoms with E-state index in [2.05, 4.69) is 9.72 Å². The molecule has 2 aromatic rings. The highest BCUT2D eigenvalue weighted by molar-refractivity contribution is 5.88. The zero-order valence-corrected chi connectivity index (χ0v) is 11.3. The van der Waals surface area contributed by atoms with Gasteiger partial charge in [0.25, 0.3) is 0 Å². The number of alkyl halides is 3. The van der Waals surface area contributed by atoms with Gasteiger partial charge >= 0.3 is 6.18 Å². The van der Waals surface area contributed by atoms with Gasteiger partial charge < -0.3 is 4.74 Å². The molecule has 0 radical (unpaired) electrons. The van der Waals surface area contributed by atoms with E-state index in [4.69, 9.17) is 5.26 Å². The summed E-state index contributed by atoms with van der Waals surface area (Å²) in [5, 5.41) is 9.16. The van der Waals surface area contributed by atoms with Gasteiger partial charge in [0, 0.05) is 6.20 Å². The summed E-state index contributed by atoms with van der Waals surface area (Å²) >= 11 is 0. The normalized spacial score (nSPS) is 11.8. The van der Waals surface area contributed by atoms with Crippen molar-refractivity contribution in [2.45, 2.75) is 6.18 Å². The standard InChI is InChI=1S/C16H11F3N2O/c17-16(18,19)11-22-14-6-4-12(5-7-14)9-13(10-20)15-3-1-2-8-21-15/h1-9H,11H2. The van der Waals surface area contributed by atoms with Gasteiger partial charge in [0.1, 0.15) is 11.8 Å². The first kappa shape index (κ1) is 15.6. The van der Waals surface area contributed by atoms with Gasteiger partial charge in [-0.1, -0.05) is 18.2 Å². The fraction of sp³-hybridized carbons (Fsp3) is 0.125. The molecular formula is C16H11F3N2O. The van der Waals surface area contributed by atoms with E-state index in [1.54, 1.807) is 42.6 Å². The molecule has 0 unspecified atom stereocenters. The van der Waals surface area contributed by atoms with Crippen LogP contribution in [0.4, 0.5) is 13.2 Å². The molecule has 0 atom stereocenters. The van der Waals surface area contributed by atoms with Crippen molar-refractivity contribution in [3.05, 3.63) is 59.9 Å². The molecular weight excluding hydrogens is 293 g/mol. The van der Waals surface area contributed by atoms with Crippen LogP contribution in [-0.4, -0.2) is 17.8 Å². The van der Waals surface area contributed by atoms with Gasteiger partial charge in [0.2, 0.25) is 0 Å². The summed E-state index contributed by atoms with van der Waals surface area (Å²) in [4.78, 5) is 4.08. The average Bonchev–Trinajstić information content (AvgIpc) is 2.52. The maximum absolute atomic E-state index is 12.0. The number of hydrogen-bond donors (Lipinski definition) is 0. The summed E-state index contributed by atoms with van der Waals surface area (Å²) in [6.07, 6.45) is -1.18. The van der Waals surface area contributed by atoms with E-state index in [1.165, 1.54) is 12.1 Å². The fourth-order valence-electron chi connectivity index (χ4n) is 1.68. The molecule has 3 nitrogen and oxygen atoms in total. The van der Waals surface area contributed by atoms with Gasteiger partial charge in [-0.25, -0.2) is 0 Å². The molecule has 0 saturated heterocycles. The summed E-state index contributed by atoms with van der Waals surface area (Å²) < 4.78 is 40.8. The average molecular weight is 304 g/mol. The number of rotatable bonds is 4. The van der Waals surface area contributed by atoms with E-state index in [1.807, 2.05) is 6.07 Å². The van der Waals surface area contributed by atoms with Crippen molar-refractivity contribution in [3.63, 3.8) is 0 Å². The van der Waals surface area contributed by atoms with Gasteiger partial charge in [-0.15, -0.1) is 0 Å². The molecule has 22 heavy (non-hydrogen) atoms. The van der Waals surface area contributed by atoms with Crippen molar-refractivity contribution in [1.82, 2.24) is 4.98 Å². The highest BCUT2D eigenvalue weighted by Crippen LogP contribution is 2.21. The number of hydrogen-bond acceptors (Lipinski definition) is 3. The van der Waals surface area contributed by atoms with Gasteiger partial charge in [-0.3, -0.25) is 4.98 Å². The van der Waals surface area contributed by atoms with Gasteiger partial charge in [-0.2, -0.15) is 18.4 Å². The molecule has 0 spiro atoms. The number of halogens is 3. The first-order valence-corrected chi connectivity index (χ1v) is 6.31. The van der Waals surface area contributed by atoms with E-state index >= 15 is 0 Å². The van der Waals surface area contributed by atoms with Crippen molar-refractivity contribution in [3.8, 4) is 11.8 Å². The summed E-state index contributed by atoms with van der Waals surface area (Å²) in [7, 11) is 0. The Bertz CT molecular complexity index is 686. The van der Waals surface area contributed by atoms with E-state index in [-0.39, 0.29) is 5.75 Å². The van der Waals surface area contributed by atoms with Crippen molar-refractivity contribution in [2.24, 2.45) is 0 Å². The minimum atomic E-state index is -4.37. The van der Waals surface area contributed by atoms with E-state index in [0.717, 1.165) is 0 Å². The lowest BCUT2D eigenvalue weighted by molar-refractivity contribution is -0.153. The molecule has 2 rings (SSSR count). The number of aromatic nitrogens is 1. The Morgan fingerprint density at radius 1 is 1.18 bits per heavy atom. The molecule has 0 fully saturated rings. The number of nitrogens with zero attached hydrogens (tertiary/aromatic N) is 2. The Morgan fingerprint density at radius 2 is 1.91 bits per heavy atom. The van der Waals surface area contributed by atoms with Crippen LogP contribution in [0.3, 0.4) is 0 Å². The van der Waals surface area contributed by atoms with Crippen LogP contribution < -0.4 is 4.74 Å². The third kappa shape index (κ3) is 4.63. The zero-order chi connectivity index (χ0) is 16.0. The summed E-state index contributed by atoms with van der Waals surface area (Å²) in [6.45, 7) is -1.33. The van der Waals surface area contributed by atoms with Crippen LogP contribution in [0, 0.1) is 11.3 Å². The zero-order valence-electron chi connectivity index (χ0n) is 11.3. The first-order chi connectivity index (χ1) is 10.5. The number of pyridine rings is 1. The summed E-state index contributed by atoms with van der Waals surface area (Å²) in [5.74, 6) is 0.116. The molecule has 1 heterocycles. The third-order valence-electron chi connectivity index (χ3n) is 2.65. The molecule has 0 aliphatic carbocycles. The molecule has 0 bridgehead atoms. The molecule has 0 saturated carbocycles. The Labute approximate surface area is 125 Å². The SMILES string of the molecule is N#CC(=Cc1ccc(OCC(F)(F)F)cc1)c1ccccn1. The number of ether oxygens (including phenoxy) is 1. The monoisotopic (exact) mass is 304 g/mol. The summed E-state index contributed by atoms with van der Waals surface area (Å²) in [6, 6.07) is 13.3. The van der Waals surface area contributed by atoms with Gasteiger partial charge in [0.15, 0.2) is 6.61 Å². The maximum Gasteiger partial charge on any atom is 0.422 e. The van der Waals surface area contributed by atoms with Crippen LogP contribution >= 0.6 is 0 Å². The van der Waals surface area contributed by atoms with E-state index in [0.29, 0.717) is 16.8 Å². The number of benzene rings is 1. The Balaban J connectivity index is 2.13. The van der Waals surface area contributed by atoms with E-state index < -0.39 is 12.8 Å². The maximum atomic E-state index is 12.0. The largest absolute Gasteiger partial charge is 0.484 e. The van der Waals surface area contributed by atoms with Gasteiger partial charge in [-0.05, 0) is 35.9 Å². The Kier molecular flexibility index (Phi) is 4.79. The fourth-order valence-corrected chi connectivity index (χ4v) is 1.68. The van der Waals surface area contributed by atoms with Crippen molar-refractivity contribution in [2.75, 3.05) is 6.61 Å². The molecule has 0 aliphatic rings. The predicted molar refractivity (Wildman–Crippen MR) is 75.7 cm³/mol. The van der Waals surface area contributed by atoms with Crippen LogP contribution in [-0.2, 0) is 0 Å². The quantitative estimate of drug-likeness (QED) is 0.799. The second-order valence-corrected chi connectivity index (χ2v) is 4.36. The number of nitriles is 1. The van der Waals surface area contributed by atoms with Crippen molar-refractivity contribution in [1.29, 1.82) is 5.26 Å². The molecule has 0 amide bonds. The lowest BCUT2D eigenvalue weighted by atomic mass is 10.1. The van der Waals surface area contributed by atoms with Gasteiger partial charge in [0.05, 0.1) is 11.3 Å². The second-order valence-electron chi connectivity index (χ2n) is 4.36. The molecule has 0 N–H and O–H groups in total. The van der Waals surface area contributed by atoms with E-state index in [9.17, 15) is 13.2 Å². The second kappa shape index (κ2) is 6.76. The lowest BCUT2D eigenvalue weighted by Crippen LogP contribution is -2.19. The predicted octanol–water partition coefficient (Wildman–Crippen LogP) is 4.09. The first-order valence-electron chi connectivity index (χ1n) is 6.31. The van der Waals surface area contributed by atoms with Crippen LogP contribution in [0.1, 0.15) is 11.3 Å². The minimum Gasteiger partial charge on any atom is -0.484 e. The topological polar surface area (TPSA) is 45.9 Å².